The molecule has 0 saturated heterocycles. The molecule has 0 fully saturated rings. The fourth-order valence-corrected chi connectivity index (χ4v) is 1.56. The third kappa shape index (κ3) is 4.93. The van der Waals surface area contributed by atoms with Crippen LogP contribution in [0.15, 0.2) is 24.3 Å². The summed E-state index contributed by atoms with van der Waals surface area (Å²) < 4.78 is 65.1. The smallest absolute Gasteiger partial charge is 0.415 e. The molecule has 0 aliphatic heterocycles. The summed E-state index contributed by atoms with van der Waals surface area (Å²) in [7, 11) is 0. The Morgan fingerprint density at radius 3 is 2.40 bits per heavy atom. The molecule has 0 heterocycles. The van der Waals surface area contributed by atoms with Gasteiger partial charge >= 0.3 is 12.8 Å². The average Bonchev–Trinajstić information content (AvgIpc) is 2.34. The number of alkyl halides is 5. The zero-order chi connectivity index (χ0) is 15.3. The third-order valence-electron chi connectivity index (χ3n) is 2.60. The van der Waals surface area contributed by atoms with Gasteiger partial charge in [0, 0.05) is 18.2 Å². The molecule has 0 radical (unpaired) electrons. The highest BCUT2D eigenvalue weighted by Crippen LogP contribution is 2.27. The van der Waals surface area contributed by atoms with Crippen molar-refractivity contribution in [1.29, 1.82) is 0 Å². The Bertz CT molecular complexity index is 425. The molecule has 8 heteroatoms. The van der Waals surface area contributed by atoms with Crippen molar-refractivity contribution in [2.45, 2.75) is 31.9 Å². The van der Waals surface area contributed by atoms with Crippen LogP contribution < -0.4 is 10.1 Å². The van der Waals surface area contributed by atoms with Crippen molar-refractivity contribution in [1.82, 2.24) is 5.32 Å². The van der Waals surface area contributed by atoms with E-state index in [1.807, 2.05) is 0 Å². The van der Waals surface area contributed by atoms with Crippen LogP contribution in [0.1, 0.15) is 18.5 Å². The van der Waals surface area contributed by atoms with E-state index in [1.54, 1.807) is 6.07 Å². The van der Waals surface area contributed by atoms with E-state index >= 15 is 0 Å². The van der Waals surface area contributed by atoms with Crippen molar-refractivity contribution in [3.05, 3.63) is 29.8 Å². The van der Waals surface area contributed by atoms with Gasteiger partial charge in [0.25, 0.3) is 0 Å². The van der Waals surface area contributed by atoms with E-state index in [0.717, 1.165) is 0 Å². The maximum Gasteiger partial charge on any atom is 0.415 e. The highest BCUT2D eigenvalue weighted by atomic mass is 19.4. The number of aliphatic hydroxyl groups is 1. The van der Waals surface area contributed by atoms with Gasteiger partial charge in [-0.05, 0) is 13.0 Å². The molecule has 114 valence electrons. The van der Waals surface area contributed by atoms with Gasteiger partial charge < -0.3 is 15.2 Å². The SMILES string of the molecule is CC(NCC(O)C(F)(F)F)c1ccccc1OC(F)F. The Kier molecular flexibility index (Phi) is 5.70. The molecule has 2 unspecified atom stereocenters. The van der Waals surface area contributed by atoms with E-state index in [2.05, 4.69) is 10.1 Å². The van der Waals surface area contributed by atoms with Gasteiger partial charge in [0.05, 0.1) is 0 Å². The van der Waals surface area contributed by atoms with Crippen molar-refractivity contribution in [2.75, 3.05) is 6.54 Å². The van der Waals surface area contributed by atoms with E-state index in [4.69, 9.17) is 5.11 Å². The predicted molar refractivity (Wildman–Crippen MR) is 61.6 cm³/mol. The minimum absolute atomic E-state index is 0.121. The summed E-state index contributed by atoms with van der Waals surface area (Å²) in [6, 6.07) is 5.07. The van der Waals surface area contributed by atoms with Gasteiger partial charge in [-0.25, -0.2) is 0 Å². The summed E-state index contributed by atoms with van der Waals surface area (Å²) in [5.41, 5.74) is 0.280. The quantitative estimate of drug-likeness (QED) is 0.794. The first-order valence-corrected chi connectivity index (χ1v) is 5.73. The molecular formula is C12H14F5NO2. The second kappa shape index (κ2) is 6.85. The fraction of sp³-hybridized carbons (Fsp3) is 0.500. The topological polar surface area (TPSA) is 41.5 Å². The van der Waals surface area contributed by atoms with Gasteiger partial charge in [0.1, 0.15) is 5.75 Å². The van der Waals surface area contributed by atoms with Crippen LogP contribution in [0.3, 0.4) is 0 Å². The normalized spacial score (nSPS) is 15.2. The summed E-state index contributed by atoms with van der Waals surface area (Å²) in [5.74, 6) is -0.121. The molecule has 1 aromatic carbocycles. The molecule has 2 atom stereocenters. The average molecular weight is 299 g/mol. The van der Waals surface area contributed by atoms with E-state index in [9.17, 15) is 22.0 Å². The molecular weight excluding hydrogens is 285 g/mol. The molecule has 0 saturated carbocycles. The van der Waals surface area contributed by atoms with Gasteiger partial charge in [-0.3, -0.25) is 0 Å². The zero-order valence-corrected chi connectivity index (χ0v) is 10.5. The number of ether oxygens (including phenoxy) is 1. The summed E-state index contributed by atoms with van der Waals surface area (Å²) in [6.07, 6.45) is -7.25. The zero-order valence-electron chi connectivity index (χ0n) is 10.5. The minimum atomic E-state index is -4.73. The van der Waals surface area contributed by atoms with Crippen LogP contribution in [-0.4, -0.2) is 30.5 Å². The van der Waals surface area contributed by atoms with Crippen LogP contribution in [0.5, 0.6) is 5.75 Å². The van der Waals surface area contributed by atoms with Crippen LogP contribution in [-0.2, 0) is 0 Å². The van der Waals surface area contributed by atoms with Crippen LogP contribution in [0.2, 0.25) is 0 Å². The van der Waals surface area contributed by atoms with Gasteiger partial charge in [-0.1, -0.05) is 18.2 Å². The van der Waals surface area contributed by atoms with Crippen LogP contribution in [0.4, 0.5) is 22.0 Å². The first kappa shape index (κ1) is 16.6. The van der Waals surface area contributed by atoms with Crippen LogP contribution in [0, 0.1) is 0 Å². The Morgan fingerprint density at radius 1 is 1.25 bits per heavy atom. The van der Waals surface area contributed by atoms with E-state index < -0.39 is 31.5 Å². The molecule has 0 aliphatic rings. The molecule has 0 spiro atoms. The van der Waals surface area contributed by atoms with E-state index in [0.29, 0.717) is 0 Å². The van der Waals surface area contributed by atoms with Crippen molar-refractivity contribution in [3.63, 3.8) is 0 Å². The minimum Gasteiger partial charge on any atom is -0.434 e. The highest BCUT2D eigenvalue weighted by molar-refractivity contribution is 5.35. The van der Waals surface area contributed by atoms with Gasteiger partial charge in [0.2, 0.25) is 0 Å². The summed E-state index contributed by atoms with van der Waals surface area (Å²) in [6.45, 7) is -2.28. The second-order valence-corrected chi connectivity index (χ2v) is 4.10. The second-order valence-electron chi connectivity index (χ2n) is 4.10. The van der Waals surface area contributed by atoms with E-state index in [-0.39, 0.29) is 11.3 Å². The lowest BCUT2D eigenvalue weighted by molar-refractivity contribution is -0.202. The largest absolute Gasteiger partial charge is 0.434 e. The number of hydrogen-bond donors (Lipinski definition) is 2. The standard InChI is InChI=1S/C12H14F5NO2/c1-7(18-6-10(19)12(15,16)17)8-4-2-3-5-9(8)20-11(13)14/h2-5,7,10-11,18-19H,6H2,1H3. The molecule has 1 aromatic rings. The Balaban J connectivity index is 2.70. The maximum atomic E-state index is 12.2. The number of aliphatic hydroxyl groups excluding tert-OH is 1. The van der Waals surface area contributed by atoms with Crippen molar-refractivity contribution in [2.24, 2.45) is 0 Å². The molecule has 3 nitrogen and oxygen atoms in total. The number of benzene rings is 1. The van der Waals surface area contributed by atoms with Crippen LogP contribution in [0.25, 0.3) is 0 Å². The lowest BCUT2D eigenvalue weighted by Gasteiger charge is -2.21. The van der Waals surface area contributed by atoms with Gasteiger partial charge in [0.15, 0.2) is 6.10 Å². The molecule has 0 bridgehead atoms. The Morgan fingerprint density at radius 2 is 1.85 bits per heavy atom. The lowest BCUT2D eigenvalue weighted by Crippen LogP contribution is -2.39. The van der Waals surface area contributed by atoms with Crippen molar-refractivity contribution < 1.29 is 31.8 Å². The first-order valence-electron chi connectivity index (χ1n) is 5.73. The van der Waals surface area contributed by atoms with Crippen LogP contribution >= 0.6 is 0 Å². The fourth-order valence-electron chi connectivity index (χ4n) is 1.56. The number of nitrogens with one attached hydrogen (secondary N) is 1. The van der Waals surface area contributed by atoms with Gasteiger partial charge in [-0.2, -0.15) is 22.0 Å². The van der Waals surface area contributed by atoms with Crippen molar-refractivity contribution >= 4 is 0 Å². The molecule has 1 rings (SSSR count). The molecule has 20 heavy (non-hydrogen) atoms. The molecule has 0 amide bonds. The number of rotatable bonds is 6. The molecule has 2 N–H and O–H groups in total. The summed E-state index contributed by atoms with van der Waals surface area (Å²) in [5, 5.41) is 11.3. The first-order chi connectivity index (χ1) is 9.21. The molecule has 0 aromatic heterocycles. The summed E-state index contributed by atoms with van der Waals surface area (Å²) in [4.78, 5) is 0. The van der Waals surface area contributed by atoms with E-state index in [1.165, 1.54) is 25.1 Å². The Hall–Kier alpha value is -1.41. The van der Waals surface area contributed by atoms with Gasteiger partial charge in [-0.15, -0.1) is 0 Å². The summed E-state index contributed by atoms with van der Waals surface area (Å²) >= 11 is 0. The number of para-hydroxylation sites is 1. The Labute approximate surface area is 112 Å². The maximum absolute atomic E-state index is 12.2. The number of halogens is 5. The number of hydrogen-bond acceptors (Lipinski definition) is 3. The third-order valence-corrected chi connectivity index (χ3v) is 2.60. The highest BCUT2D eigenvalue weighted by Gasteiger charge is 2.38. The lowest BCUT2D eigenvalue weighted by atomic mass is 10.1. The molecule has 0 aliphatic carbocycles. The monoisotopic (exact) mass is 299 g/mol. The van der Waals surface area contributed by atoms with Crippen molar-refractivity contribution in [3.8, 4) is 5.75 Å². The predicted octanol–water partition coefficient (Wildman–Crippen LogP) is 2.86.